The summed E-state index contributed by atoms with van der Waals surface area (Å²) in [6.07, 6.45) is 6.44. The Labute approximate surface area is 283 Å². The third-order valence-corrected chi connectivity index (χ3v) is 20.1. The van der Waals surface area contributed by atoms with Crippen molar-refractivity contribution >= 4 is 16.6 Å². The molecule has 4 rings (SSSR count). The first kappa shape index (κ1) is 37.6. The van der Waals surface area contributed by atoms with Crippen molar-refractivity contribution in [1.29, 1.82) is 0 Å². The lowest BCUT2D eigenvalue weighted by atomic mass is 9.86. The minimum atomic E-state index is -3.12. The number of aryl methyl sites for hydroxylation is 2. The number of benzene rings is 1. The van der Waals surface area contributed by atoms with Gasteiger partial charge in [0.15, 0.2) is 28.2 Å². The number of aromatic amines is 1. The van der Waals surface area contributed by atoms with Crippen LogP contribution in [-0.2, 0) is 20.0 Å². The summed E-state index contributed by atoms with van der Waals surface area (Å²) >= 11 is 0. The topological polar surface area (TPSA) is 82.2 Å². The molecule has 0 bridgehead atoms. The number of hydrogen-bond acceptors (Lipinski definition) is 6. The Bertz CT molecular complexity index is 1400. The molecule has 2 aliphatic rings. The molecule has 2 aromatic rings. The van der Waals surface area contributed by atoms with Crippen LogP contribution in [0.2, 0.25) is 36.3 Å². The van der Waals surface area contributed by atoms with E-state index in [0.717, 1.165) is 0 Å². The van der Waals surface area contributed by atoms with Crippen molar-refractivity contribution in [3.63, 3.8) is 0 Å². The SMILES string of the molecule is Cc1cccc([C@H](C)[C@H](/C=C/[C@@H]2[C@@H]3[C@H](C[C@H]2O[Si](C)(C)C(C)(C)C)OC(=CCCCc2nn[nH]n2)C3(F)F)O[Si](C)(C)C(C)(C)C)c1. The van der Waals surface area contributed by atoms with Crippen LogP contribution in [0.25, 0.3) is 0 Å². The van der Waals surface area contributed by atoms with E-state index >= 15 is 8.78 Å². The van der Waals surface area contributed by atoms with Gasteiger partial charge in [0.25, 0.3) is 0 Å². The lowest BCUT2D eigenvalue weighted by Gasteiger charge is -2.41. The zero-order valence-corrected chi connectivity index (χ0v) is 32.7. The van der Waals surface area contributed by atoms with E-state index in [0.29, 0.717) is 31.5 Å². The normalized spacial score (nSPS) is 25.7. The maximum Gasteiger partial charge on any atom is 0.310 e. The van der Waals surface area contributed by atoms with Crippen LogP contribution in [0.1, 0.15) is 90.6 Å². The lowest BCUT2D eigenvalue weighted by Crippen LogP contribution is -2.46. The van der Waals surface area contributed by atoms with Gasteiger partial charge in [-0.05, 0) is 67.7 Å². The monoisotopic (exact) mass is 688 g/mol. The highest BCUT2D eigenvalue weighted by Gasteiger charge is 2.64. The van der Waals surface area contributed by atoms with E-state index in [9.17, 15) is 0 Å². The third kappa shape index (κ3) is 8.51. The van der Waals surface area contributed by atoms with Crippen molar-refractivity contribution in [3.8, 4) is 0 Å². The highest BCUT2D eigenvalue weighted by atomic mass is 28.4. The number of tetrazole rings is 1. The highest BCUT2D eigenvalue weighted by molar-refractivity contribution is 6.74. The Balaban J connectivity index is 1.67. The number of allylic oxidation sites excluding steroid dienone is 2. The van der Waals surface area contributed by atoms with Crippen LogP contribution in [0.3, 0.4) is 0 Å². The maximum absolute atomic E-state index is 16.4. The summed E-state index contributed by atoms with van der Waals surface area (Å²) in [7, 11) is -4.48. The number of ether oxygens (including phenoxy) is 1. The predicted molar refractivity (Wildman–Crippen MR) is 189 cm³/mol. The second-order valence-corrected chi connectivity index (χ2v) is 26.3. The quantitative estimate of drug-likeness (QED) is 0.136. The summed E-state index contributed by atoms with van der Waals surface area (Å²) in [5.74, 6) is -4.26. The summed E-state index contributed by atoms with van der Waals surface area (Å²) in [5.41, 5.74) is 2.36. The molecule has 7 nitrogen and oxygen atoms in total. The van der Waals surface area contributed by atoms with E-state index < -0.39 is 40.5 Å². The number of hydrogen-bond donors (Lipinski definition) is 1. The molecule has 0 unspecified atom stereocenters. The molecule has 11 heteroatoms. The summed E-state index contributed by atoms with van der Waals surface area (Å²) < 4.78 is 53.0. The number of nitrogens with one attached hydrogen (secondary N) is 1. The van der Waals surface area contributed by atoms with Crippen LogP contribution in [-0.4, -0.2) is 61.5 Å². The van der Waals surface area contributed by atoms with Crippen LogP contribution in [0.4, 0.5) is 8.78 Å². The Morgan fingerprint density at radius 1 is 1.09 bits per heavy atom. The predicted octanol–water partition coefficient (Wildman–Crippen LogP) is 9.53. The van der Waals surface area contributed by atoms with Crippen LogP contribution in [0.15, 0.2) is 48.3 Å². The summed E-state index contributed by atoms with van der Waals surface area (Å²) in [6.45, 7) is 26.4. The molecule has 2 heterocycles. The first-order valence-electron chi connectivity index (χ1n) is 17.2. The van der Waals surface area contributed by atoms with Crippen LogP contribution in [0.5, 0.6) is 0 Å². The Hall–Kier alpha value is -2.22. The van der Waals surface area contributed by atoms with Crippen LogP contribution >= 0.6 is 0 Å². The first-order valence-corrected chi connectivity index (χ1v) is 23.0. The molecule has 0 spiro atoms. The number of alkyl halides is 2. The molecule has 1 aliphatic heterocycles. The van der Waals surface area contributed by atoms with Gasteiger partial charge in [0.05, 0.1) is 18.1 Å². The molecule has 262 valence electrons. The van der Waals surface area contributed by atoms with Crippen molar-refractivity contribution in [2.45, 2.75) is 147 Å². The zero-order valence-electron chi connectivity index (χ0n) is 30.7. The maximum atomic E-state index is 16.4. The van der Waals surface area contributed by atoms with Gasteiger partial charge in [-0.3, -0.25) is 0 Å². The molecular weight excluding hydrogens is 631 g/mol. The fraction of sp³-hybridized carbons (Fsp3) is 0.694. The van der Waals surface area contributed by atoms with Gasteiger partial charge in [0, 0.05) is 24.7 Å². The fourth-order valence-electron chi connectivity index (χ4n) is 6.11. The number of aromatic nitrogens is 4. The number of fused-ring (bicyclic) bond motifs is 1. The molecule has 1 saturated heterocycles. The zero-order chi connectivity index (χ0) is 35.0. The average Bonchev–Trinajstić information content (AvgIpc) is 3.64. The van der Waals surface area contributed by atoms with Gasteiger partial charge in [0.2, 0.25) is 0 Å². The lowest BCUT2D eigenvalue weighted by molar-refractivity contribution is -0.0259. The smallest absolute Gasteiger partial charge is 0.310 e. The van der Waals surface area contributed by atoms with Gasteiger partial charge in [-0.15, -0.1) is 10.2 Å². The molecule has 47 heavy (non-hydrogen) atoms. The Morgan fingerprint density at radius 2 is 1.77 bits per heavy atom. The van der Waals surface area contributed by atoms with Crippen LogP contribution in [0, 0.1) is 18.8 Å². The standard InChI is InChI=1S/C36H58F2N4O3Si2/c1-24-16-15-17-26(22-24)25(2)28(44-46(9,10)34(3,4)5)21-20-27-29(45-47(11,12)35(6,7)8)23-30-33(27)36(37,38)31(43-30)18-13-14-19-32-39-41-42-40-32/h15-18,20-22,25,27-30,33H,13-14,19,23H2,1-12H3,(H,39,40,41,42)/b21-20+,31-18?/t25-,27-,28-,29+,30-,33+/m0/s1. The van der Waals surface area contributed by atoms with Gasteiger partial charge in [-0.25, -0.2) is 0 Å². The number of H-pyrrole nitrogens is 1. The Kier molecular flexibility index (Phi) is 11.2. The Morgan fingerprint density at radius 3 is 2.36 bits per heavy atom. The summed E-state index contributed by atoms with van der Waals surface area (Å²) in [5, 5.41) is 13.9. The van der Waals surface area contributed by atoms with Crippen molar-refractivity contribution in [2.75, 3.05) is 0 Å². The van der Waals surface area contributed by atoms with Crippen molar-refractivity contribution in [1.82, 2.24) is 20.6 Å². The second-order valence-electron chi connectivity index (χ2n) is 16.8. The molecule has 2 fully saturated rings. The minimum Gasteiger partial charge on any atom is -0.488 e. The van der Waals surface area contributed by atoms with Gasteiger partial charge in [-0.2, -0.15) is 14.0 Å². The molecular formula is C36H58F2N4O3Si2. The molecule has 1 aromatic heterocycles. The van der Waals surface area contributed by atoms with E-state index in [1.807, 2.05) is 6.08 Å². The van der Waals surface area contributed by atoms with Crippen molar-refractivity contribution in [2.24, 2.45) is 11.8 Å². The van der Waals surface area contributed by atoms with E-state index in [2.05, 4.69) is 133 Å². The third-order valence-electron chi connectivity index (χ3n) is 11.1. The van der Waals surface area contributed by atoms with Gasteiger partial charge in [-0.1, -0.05) is 95.7 Å². The van der Waals surface area contributed by atoms with Crippen LogP contribution < -0.4 is 0 Å². The van der Waals surface area contributed by atoms with Crippen molar-refractivity contribution in [3.05, 3.63) is 65.2 Å². The van der Waals surface area contributed by atoms with Gasteiger partial charge in [0.1, 0.15) is 6.10 Å². The molecule has 1 N–H and O–H groups in total. The van der Waals surface area contributed by atoms with E-state index in [-0.39, 0.29) is 34.0 Å². The van der Waals surface area contributed by atoms with E-state index in [1.165, 1.54) is 11.1 Å². The van der Waals surface area contributed by atoms with Crippen molar-refractivity contribution < 1.29 is 22.4 Å². The molecule has 1 saturated carbocycles. The molecule has 1 aromatic carbocycles. The second kappa shape index (κ2) is 14.0. The van der Waals surface area contributed by atoms with E-state index in [4.69, 9.17) is 13.6 Å². The average molecular weight is 689 g/mol. The molecule has 1 aliphatic carbocycles. The number of nitrogens with zero attached hydrogens (tertiary/aromatic N) is 3. The number of rotatable bonds is 12. The molecule has 6 atom stereocenters. The van der Waals surface area contributed by atoms with Gasteiger partial charge >= 0.3 is 5.92 Å². The molecule has 0 radical (unpaired) electrons. The number of unbranched alkanes of at least 4 members (excludes halogenated alkanes) is 1. The summed E-state index contributed by atoms with van der Waals surface area (Å²) in [4.78, 5) is 0. The number of halogens is 2. The van der Waals surface area contributed by atoms with Gasteiger partial charge < -0.3 is 13.6 Å². The summed E-state index contributed by atoms with van der Waals surface area (Å²) in [6, 6.07) is 8.50. The first-order chi connectivity index (χ1) is 21.6. The highest BCUT2D eigenvalue weighted by Crippen LogP contribution is 2.56. The fourth-order valence-corrected chi connectivity index (χ4v) is 8.79. The largest absolute Gasteiger partial charge is 0.488 e. The molecule has 0 amide bonds. The van der Waals surface area contributed by atoms with E-state index in [1.54, 1.807) is 6.08 Å². The minimum absolute atomic E-state index is 0.00634.